The first kappa shape index (κ1) is 8.72. The van der Waals surface area contributed by atoms with E-state index >= 15 is 0 Å². The van der Waals surface area contributed by atoms with Crippen molar-refractivity contribution in [3.63, 3.8) is 0 Å². The molecule has 0 saturated carbocycles. The van der Waals surface area contributed by atoms with Gasteiger partial charge in [0, 0.05) is 0 Å². The number of anilines is 1. The van der Waals surface area contributed by atoms with E-state index in [4.69, 9.17) is 10.2 Å². The molecule has 7 heteroatoms. The molecule has 0 fully saturated rings. The van der Waals surface area contributed by atoms with Gasteiger partial charge >= 0.3 is 0 Å². The molecule has 0 spiro atoms. The third-order valence-electron chi connectivity index (χ3n) is 2.17. The van der Waals surface area contributed by atoms with Crippen LogP contribution in [0.3, 0.4) is 0 Å². The molecule has 0 bridgehead atoms. The molecule has 80 valence electrons. The maximum Gasteiger partial charge on any atom is 0.278 e. The Kier molecular flexibility index (Phi) is 1.61. The number of nitrogens with two attached hydrogens (primary N) is 1. The van der Waals surface area contributed by atoms with Crippen molar-refractivity contribution in [1.29, 1.82) is 0 Å². The molecule has 0 radical (unpaired) electrons. The molecular weight excluding hydrogens is 210 g/mol. The zero-order valence-electron chi connectivity index (χ0n) is 8.02. The van der Waals surface area contributed by atoms with Gasteiger partial charge in [-0.15, -0.1) is 0 Å². The molecule has 3 heterocycles. The highest BCUT2D eigenvalue weighted by molar-refractivity contribution is 5.75. The summed E-state index contributed by atoms with van der Waals surface area (Å²) >= 11 is 0. The van der Waals surface area contributed by atoms with Crippen LogP contribution in [-0.4, -0.2) is 19.9 Å². The summed E-state index contributed by atoms with van der Waals surface area (Å²) in [5, 5.41) is 0. The average molecular weight is 217 g/mol. The number of furan rings is 1. The van der Waals surface area contributed by atoms with Crippen LogP contribution >= 0.6 is 0 Å². The lowest BCUT2D eigenvalue weighted by molar-refractivity contribution is 0.568. The third kappa shape index (κ3) is 1.18. The van der Waals surface area contributed by atoms with Crippen molar-refractivity contribution in [3.05, 3.63) is 28.9 Å². The van der Waals surface area contributed by atoms with Crippen LogP contribution in [0.25, 0.3) is 22.6 Å². The highest BCUT2D eigenvalue weighted by Crippen LogP contribution is 2.17. The Bertz CT molecular complexity index is 694. The zero-order chi connectivity index (χ0) is 11.1. The summed E-state index contributed by atoms with van der Waals surface area (Å²) in [6.45, 7) is 0. The highest BCUT2D eigenvalue weighted by Gasteiger charge is 2.10. The SMILES string of the molecule is Nc1nc2nc(-c3ccoc3)[nH]c2c(=O)[nH]1. The van der Waals surface area contributed by atoms with Crippen LogP contribution in [0.4, 0.5) is 5.95 Å². The Morgan fingerprint density at radius 1 is 1.31 bits per heavy atom. The van der Waals surface area contributed by atoms with E-state index in [1.54, 1.807) is 6.07 Å². The number of aromatic nitrogens is 4. The molecule has 0 aromatic carbocycles. The fraction of sp³-hybridized carbons (Fsp3) is 0. The summed E-state index contributed by atoms with van der Waals surface area (Å²) in [6, 6.07) is 1.73. The molecule has 0 atom stereocenters. The van der Waals surface area contributed by atoms with Gasteiger partial charge in [-0.1, -0.05) is 0 Å². The summed E-state index contributed by atoms with van der Waals surface area (Å²) in [5.41, 5.74) is 6.40. The van der Waals surface area contributed by atoms with Crippen LogP contribution in [0.2, 0.25) is 0 Å². The first-order chi connectivity index (χ1) is 7.74. The third-order valence-corrected chi connectivity index (χ3v) is 2.17. The molecule has 3 aromatic rings. The van der Waals surface area contributed by atoms with E-state index in [9.17, 15) is 4.79 Å². The van der Waals surface area contributed by atoms with Crippen molar-refractivity contribution in [2.45, 2.75) is 0 Å². The second kappa shape index (κ2) is 2.96. The fourth-order valence-corrected chi connectivity index (χ4v) is 1.46. The molecule has 0 aliphatic carbocycles. The maximum atomic E-state index is 11.5. The van der Waals surface area contributed by atoms with Gasteiger partial charge in [-0.25, -0.2) is 4.98 Å². The Morgan fingerprint density at radius 3 is 2.94 bits per heavy atom. The first-order valence-corrected chi connectivity index (χ1v) is 4.52. The molecule has 0 saturated heterocycles. The fourth-order valence-electron chi connectivity index (χ4n) is 1.46. The van der Waals surface area contributed by atoms with Gasteiger partial charge in [-0.2, -0.15) is 4.98 Å². The van der Waals surface area contributed by atoms with Gasteiger partial charge in [0.2, 0.25) is 5.95 Å². The molecule has 0 amide bonds. The van der Waals surface area contributed by atoms with E-state index in [1.807, 2.05) is 0 Å². The van der Waals surface area contributed by atoms with Crippen LogP contribution in [0.15, 0.2) is 27.8 Å². The van der Waals surface area contributed by atoms with Gasteiger partial charge in [0.1, 0.15) is 12.1 Å². The number of rotatable bonds is 1. The van der Waals surface area contributed by atoms with E-state index in [1.165, 1.54) is 12.5 Å². The van der Waals surface area contributed by atoms with Crippen LogP contribution in [-0.2, 0) is 0 Å². The van der Waals surface area contributed by atoms with Gasteiger partial charge < -0.3 is 15.1 Å². The van der Waals surface area contributed by atoms with Gasteiger partial charge in [0.05, 0.1) is 11.8 Å². The number of fused-ring (bicyclic) bond motifs is 1. The zero-order valence-corrected chi connectivity index (χ0v) is 8.02. The van der Waals surface area contributed by atoms with Crippen LogP contribution in [0.1, 0.15) is 0 Å². The summed E-state index contributed by atoms with van der Waals surface area (Å²) in [5.74, 6) is 0.565. The minimum absolute atomic E-state index is 0.0442. The topological polar surface area (TPSA) is 114 Å². The number of hydrogen-bond donors (Lipinski definition) is 3. The van der Waals surface area contributed by atoms with Crippen molar-refractivity contribution in [1.82, 2.24) is 19.9 Å². The number of nitrogen functional groups attached to an aromatic ring is 1. The Labute approximate surface area is 88.3 Å². The van der Waals surface area contributed by atoms with Crippen LogP contribution in [0.5, 0.6) is 0 Å². The van der Waals surface area contributed by atoms with Gasteiger partial charge in [-0.3, -0.25) is 9.78 Å². The molecule has 16 heavy (non-hydrogen) atoms. The number of imidazole rings is 1. The molecule has 4 N–H and O–H groups in total. The van der Waals surface area contributed by atoms with Crippen LogP contribution in [0, 0.1) is 0 Å². The maximum absolute atomic E-state index is 11.5. The Balaban J connectivity index is 2.31. The van der Waals surface area contributed by atoms with Gasteiger partial charge in [-0.05, 0) is 6.07 Å². The molecule has 3 rings (SSSR count). The summed E-state index contributed by atoms with van der Waals surface area (Å²) < 4.78 is 4.93. The molecule has 0 unspecified atom stereocenters. The summed E-state index contributed by atoms with van der Waals surface area (Å²) in [4.78, 5) is 24.8. The number of aromatic amines is 2. The van der Waals surface area contributed by atoms with E-state index < -0.39 is 0 Å². The van der Waals surface area contributed by atoms with Crippen molar-refractivity contribution in [3.8, 4) is 11.4 Å². The van der Waals surface area contributed by atoms with E-state index in [0.717, 1.165) is 5.56 Å². The Morgan fingerprint density at radius 2 is 2.19 bits per heavy atom. The number of nitrogens with zero attached hydrogens (tertiary/aromatic N) is 2. The van der Waals surface area contributed by atoms with E-state index in [-0.39, 0.29) is 17.2 Å². The molecular formula is C9H7N5O2. The lowest BCUT2D eigenvalue weighted by Gasteiger charge is -1.89. The quantitative estimate of drug-likeness (QED) is 0.548. The normalized spacial score (nSPS) is 11.0. The molecule has 0 aliphatic heterocycles. The number of hydrogen-bond acceptors (Lipinski definition) is 5. The van der Waals surface area contributed by atoms with Crippen molar-refractivity contribution >= 4 is 17.1 Å². The second-order valence-corrected chi connectivity index (χ2v) is 3.25. The summed E-state index contributed by atoms with van der Waals surface area (Å²) in [6.07, 6.45) is 3.05. The number of H-pyrrole nitrogens is 2. The predicted molar refractivity (Wildman–Crippen MR) is 56.6 cm³/mol. The largest absolute Gasteiger partial charge is 0.472 e. The average Bonchev–Trinajstić information content (AvgIpc) is 2.82. The highest BCUT2D eigenvalue weighted by atomic mass is 16.3. The Hall–Kier alpha value is -2.57. The van der Waals surface area contributed by atoms with Crippen molar-refractivity contribution in [2.24, 2.45) is 0 Å². The van der Waals surface area contributed by atoms with Gasteiger partial charge in [0.15, 0.2) is 11.2 Å². The second-order valence-electron chi connectivity index (χ2n) is 3.25. The molecule has 7 nitrogen and oxygen atoms in total. The minimum Gasteiger partial charge on any atom is -0.472 e. The smallest absolute Gasteiger partial charge is 0.278 e. The van der Waals surface area contributed by atoms with Crippen LogP contribution < -0.4 is 11.3 Å². The lowest BCUT2D eigenvalue weighted by Crippen LogP contribution is -2.10. The first-order valence-electron chi connectivity index (χ1n) is 4.52. The van der Waals surface area contributed by atoms with E-state index in [0.29, 0.717) is 11.3 Å². The van der Waals surface area contributed by atoms with Gasteiger partial charge in [0.25, 0.3) is 5.56 Å². The summed E-state index contributed by atoms with van der Waals surface area (Å²) in [7, 11) is 0. The molecule has 3 aromatic heterocycles. The van der Waals surface area contributed by atoms with Crippen molar-refractivity contribution in [2.75, 3.05) is 5.73 Å². The minimum atomic E-state index is -0.343. The van der Waals surface area contributed by atoms with E-state index in [2.05, 4.69) is 19.9 Å². The number of nitrogens with one attached hydrogen (secondary N) is 2. The van der Waals surface area contributed by atoms with Crippen molar-refractivity contribution < 1.29 is 4.42 Å². The predicted octanol–water partition coefficient (Wildman–Crippen LogP) is 0.488. The lowest BCUT2D eigenvalue weighted by atomic mass is 10.3. The standard InChI is InChI=1S/C9H7N5O2/c10-9-13-7-5(8(15)14-9)11-6(12-7)4-1-2-16-3-4/h1-3H,(H4,10,11,12,13,14,15). The monoisotopic (exact) mass is 217 g/mol. The molecule has 0 aliphatic rings.